The van der Waals surface area contributed by atoms with Crippen LogP contribution in [-0.2, 0) is 4.74 Å². The molecule has 1 aromatic heterocycles. The molecule has 0 radical (unpaired) electrons. The molecule has 0 atom stereocenters. The molecule has 0 unspecified atom stereocenters. The molecule has 0 saturated carbocycles. The number of nitrogens with zero attached hydrogens (tertiary/aromatic N) is 1. The van der Waals surface area contributed by atoms with Gasteiger partial charge in [0, 0.05) is 25.2 Å². The number of anilines is 1. The molecule has 0 aliphatic carbocycles. The van der Waals surface area contributed by atoms with E-state index in [1.165, 1.54) is 0 Å². The van der Waals surface area contributed by atoms with Crippen molar-refractivity contribution in [3.8, 4) is 0 Å². The molecule has 0 bridgehead atoms. The van der Waals surface area contributed by atoms with Gasteiger partial charge in [0.15, 0.2) is 0 Å². The van der Waals surface area contributed by atoms with Crippen LogP contribution < -0.4 is 5.32 Å². The second-order valence-corrected chi connectivity index (χ2v) is 13.3. The van der Waals surface area contributed by atoms with Crippen LogP contribution in [0.15, 0.2) is 60.8 Å². The van der Waals surface area contributed by atoms with Gasteiger partial charge in [0.05, 0.1) is 17.8 Å². The van der Waals surface area contributed by atoms with Gasteiger partial charge in [0.1, 0.15) is 0 Å². The molecule has 2 aromatic carbocycles. The van der Waals surface area contributed by atoms with Crippen molar-refractivity contribution in [1.29, 1.82) is 0 Å². The second-order valence-electron chi connectivity index (χ2n) is 7.67. The number of benzene rings is 2. The number of ether oxygens (including phenoxy) is 1. The van der Waals surface area contributed by atoms with Crippen LogP contribution in [0.2, 0.25) is 25.7 Å². The summed E-state index contributed by atoms with van der Waals surface area (Å²) in [5, 5.41) is 3.59. The van der Waals surface area contributed by atoms with E-state index in [0.717, 1.165) is 16.9 Å². The molecular formula is C21H24N2O3Si. The standard InChI is InChI=1S/C21H24N2O3Si/c1-27(2,3)15-14-26-21(25)22-18-10-7-11-19-17(18)12-13-23(19)20(24)16-8-5-4-6-9-16/h4-13H,14-15H2,1-3H3,(H,22,25). The van der Waals surface area contributed by atoms with Crippen LogP contribution in [0.3, 0.4) is 0 Å². The molecule has 0 spiro atoms. The molecular weight excluding hydrogens is 356 g/mol. The molecule has 1 heterocycles. The smallest absolute Gasteiger partial charge is 0.411 e. The Bertz CT molecular complexity index is 958. The average molecular weight is 381 g/mol. The molecule has 3 rings (SSSR count). The van der Waals surface area contributed by atoms with Crippen molar-refractivity contribution in [3.63, 3.8) is 0 Å². The van der Waals surface area contributed by atoms with Gasteiger partial charge in [-0.1, -0.05) is 43.9 Å². The Hall–Kier alpha value is -2.86. The maximum atomic E-state index is 12.7. The van der Waals surface area contributed by atoms with Crippen molar-refractivity contribution in [2.24, 2.45) is 0 Å². The highest BCUT2D eigenvalue weighted by Gasteiger charge is 2.16. The molecule has 0 aliphatic heterocycles. The third kappa shape index (κ3) is 4.65. The molecule has 0 fully saturated rings. The van der Waals surface area contributed by atoms with Crippen LogP contribution in [0.5, 0.6) is 0 Å². The Kier molecular flexibility index (Phi) is 5.46. The first-order valence-corrected chi connectivity index (χ1v) is 12.7. The van der Waals surface area contributed by atoms with Crippen molar-refractivity contribution in [2.75, 3.05) is 11.9 Å². The summed E-state index contributed by atoms with van der Waals surface area (Å²) in [4.78, 5) is 24.9. The predicted octanol–water partition coefficient (Wildman–Crippen LogP) is 5.22. The topological polar surface area (TPSA) is 60.3 Å². The van der Waals surface area contributed by atoms with Crippen LogP contribution in [0.4, 0.5) is 10.5 Å². The molecule has 1 amide bonds. The van der Waals surface area contributed by atoms with E-state index in [4.69, 9.17) is 4.74 Å². The molecule has 0 saturated heterocycles. The first-order valence-electron chi connectivity index (χ1n) is 8.99. The van der Waals surface area contributed by atoms with Gasteiger partial charge in [-0.2, -0.15) is 0 Å². The fourth-order valence-electron chi connectivity index (χ4n) is 2.77. The molecule has 1 N–H and O–H groups in total. The lowest BCUT2D eigenvalue weighted by Crippen LogP contribution is -2.24. The van der Waals surface area contributed by atoms with Gasteiger partial charge in [0.25, 0.3) is 5.91 Å². The molecule has 0 aliphatic rings. The van der Waals surface area contributed by atoms with Gasteiger partial charge < -0.3 is 4.74 Å². The lowest BCUT2D eigenvalue weighted by Gasteiger charge is -2.15. The van der Waals surface area contributed by atoms with E-state index in [0.29, 0.717) is 17.9 Å². The number of fused-ring (bicyclic) bond motifs is 1. The lowest BCUT2D eigenvalue weighted by atomic mass is 10.2. The molecule has 140 valence electrons. The Morgan fingerprint density at radius 3 is 2.44 bits per heavy atom. The van der Waals surface area contributed by atoms with E-state index in [1.807, 2.05) is 36.4 Å². The Morgan fingerprint density at radius 2 is 1.74 bits per heavy atom. The van der Waals surface area contributed by atoms with E-state index >= 15 is 0 Å². The van der Waals surface area contributed by atoms with E-state index in [1.54, 1.807) is 29.0 Å². The summed E-state index contributed by atoms with van der Waals surface area (Å²) in [6.45, 7) is 7.13. The summed E-state index contributed by atoms with van der Waals surface area (Å²) in [7, 11) is -1.25. The minimum absolute atomic E-state index is 0.111. The first-order chi connectivity index (χ1) is 12.8. The van der Waals surface area contributed by atoms with Crippen molar-refractivity contribution < 1.29 is 14.3 Å². The summed E-state index contributed by atoms with van der Waals surface area (Å²) in [6.07, 6.45) is 1.25. The quantitative estimate of drug-likeness (QED) is 0.618. The normalized spacial score (nSPS) is 11.4. The third-order valence-corrected chi connectivity index (χ3v) is 6.00. The average Bonchev–Trinajstić information content (AvgIpc) is 3.06. The molecule has 3 aromatic rings. The van der Waals surface area contributed by atoms with Gasteiger partial charge in [-0.3, -0.25) is 14.7 Å². The highest BCUT2D eigenvalue weighted by Crippen LogP contribution is 2.25. The number of amides is 1. The zero-order valence-corrected chi connectivity index (χ0v) is 16.9. The van der Waals surface area contributed by atoms with Gasteiger partial charge in [-0.25, -0.2) is 4.79 Å². The number of hydrogen-bond acceptors (Lipinski definition) is 3. The molecule has 5 nitrogen and oxygen atoms in total. The Labute approximate surface area is 160 Å². The van der Waals surface area contributed by atoms with Crippen molar-refractivity contribution in [1.82, 2.24) is 4.57 Å². The maximum Gasteiger partial charge on any atom is 0.411 e. The van der Waals surface area contributed by atoms with E-state index in [9.17, 15) is 9.59 Å². The van der Waals surface area contributed by atoms with Crippen molar-refractivity contribution >= 4 is 36.7 Å². The summed E-state index contributed by atoms with van der Waals surface area (Å²) < 4.78 is 6.90. The van der Waals surface area contributed by atoms with Crippen molar-refractivity contribution in [2.45, 2.75) is 25.7 Å². The lowest BCUT2D eigenvalue weighted by molar-refractivity contribution is 0.0965. The van der Waals surface area contributed by atoms with Crippen LogP contribution in [0.25, 0.3) is 10.9 Å². The molecule has 27 heavy (non-hydrogen) atoms. The first kappa shape index (κ1) is 18.9. The highest BCUT2D eigenvalue weighted by atomic mass is 28.3. The van der Waals surface area contributed by atoms with Gasteiger partial charge in [-0.05, 0) is 36.4 Å². The SMILES string of the molecule is C[Si](C)(C)CCOC(=O)Nc1cccc2c1ccn2C(=O)c1ccccc1. The van der Waals surface area contributed by atoms with Crippen molar-refractivity contribution in [3.05, 3.63) is 66.4 Å². The highest BCUT2D eigenvalue weighted by molar-refractivity contribution is 6.76. The summed E-state index contributed by atoms with van der Waals surface area (Å²) in [5.41, 5.74) is 1.98. The number of carbonyl (C=O) groups is 2. The number of carbonyl (C=O) groups excluding carboxylic acids is 2. The number of aromatic nitrogens is 1. The minimum Gasteiger partial charge on any atom is -0.450 e. The number of hydrogen-bond donors (Lipinski definition) is 1. The van der Waals surface area contributed by atoms with Crippen LogP contribution in [0, 0.1) is 0 Å². The predicted molar refractivity (Wildman–Crippen MR) is 111 cm³/mol. The van der Waals surface area contributed by atoms with Crippen LogP contribution >= 0.6 is 0 Å². The van der Waals surface area contributed by atoms with Gasteiger partial charge in [0.2, 0.25) is 0 Å². The third-order valence-electron chi connectivity index (χ3n) is 4.29. The zero-order chi connectivity index (χ0) is 19.4. The van der Waals surface area contributed by atoms with Gasteiger partial charge in [-0.15, -0.1) is 0 Å². The number of nitrogens with one attached hydrogen (secondary N) is 1. The van der Waals surface area contributed by atoms with E-state index in [2.05, 4.69) is 25.0 Å². The largest absolute Gasteiger partial charge is 0.450 e. The Morgan fingerprint density at radius 1 is 1.00 bits per heavy atom. The second kappa shape index (κ2) is 7.80. The number of rotatable bonds is 5. The van der Waals surface area contributed by atoms with Crippen LogP contribution in [-0.4, -0.2) is 31.2 Å². The fraction of sp³-hybridized carbons (Fsp3) is 0.238. The monoisotopic (exact) mass is 380 g/mol. The maximum absolute atomic E-state index is 12.7. The zero-order valence-electron chi connectivity index (χ0n) is 15.9. The van der Waals surface area contributed by atoms with E-state index < -0.39 is 14.2 Å². The van der Waals surface area contributed by atoms with E-state index in [-0.39, 0.29) is 5.91 Å². The molecule has 6 heteroatoms. The minimum atomic E-state index is -1.25. The fourth-order valence-corrected chi connectivity index (χ4v) is 3.48. The van der Waals surface area contributed by atoms with Crippen LogP contribution in [0.1, 0.15) is 10.4 Å². The summed E-state index contributed by atoms with van der Waals surface area (Å²) in [5.74, 6) is -0.111. The Balaban J connectivity index is 1.78. The summed E-state index contributed by atoms with van der Waals surface area (Å²) >= 11 is 0. The summed E-state index contributed by atoms with van der Waals surface area (Å²) in [6, 6.07) is 17.3. The van der Waals surface area contributed by atoms with Gasteiger partial charge >= 0.3 is 6.09 Å².